The van der Waals surface area contributed by atoms with E-state index in [2.05, 4.69) is 92.7 Å². The fourth-order valence-electron chi connectivity index (χ4n) is 5.98. The first-order chi connectivity index (χ1) is 22.1. The van der Waals surface area contributed by atoms with E-state index in [1.165, 1.54) is 10.5 Å². The van der Waals surface area contributed by atoms with Crippen LogP contribution in [0.3, 0.4) is 0 Å². The molecule has 46 heavy (non-hydrogen) atoms. The van der Waals surface area contributed by atoms with Gasteiger partial charge in [0.2, 0.25) is 5.69 Å². The van der Waals surface area contributed by atoms with Crippen molar-refractivity contribution in [1.29, 1.82) is 0 Å². The lowest BCUT2D eigenvalue weighted by atomic mass is 10.1. The van der Waals surface area contributed by atoms with Crippen LogP contribution < -0.4 is 4.90 Å². The van der Waals surface area contributed by atoms with Crippen molar-refractivity contribution >= 4 is 34.9 Å². The number of hydrogen-bond acceptors (Lipinski definition) is 4. The van der Waals surface area contributed by atoms with E-state index in [9.17, 15) is 14.4 Å². The Morgan fingerprint density at radius 2 is 1.57 bits per heavy atom. The van der Waals surface area contributed by atoms with E-state index in [1.807, 2.05) is 12.1 Å². The summed E-state index contributed by atoms with van der Waals surface area (Å²) < 4.78 is 2.31. The van der Waals surface area contributed by atoms with Gasteiger partial charge < -0.3 is 10.0 Å². The molecule has 0 atom stereocenters. The van der Waals surface area contributed by atoms with E-state index < -0.39 is 5.97 Å². The van der Waals surface area contributed by atoms with Crippen LogP contribution in [0, 0.1) is 13.8 Å². The van der Waals surface area contributed by atoms with E-state index in [1.54, 1.807) is 24.3 Å². The van der Waals surface area contributed by atoms with Crippen molar-refractivity contribution in [2.24, 2.45) is 0 Å². The Balaban J connectivity index is 1.52. The zero-order valence-corrected chi connectivity index (χ0v) is 27.8. The van der Waals surface area contributed by atoms with E-state index in [-0.39, 0.29) is 24.8 Å². The minimum absolute atomic E-state index is 0.208. The first-order valence-electron chi connectivity index (χ1n) is 16.2. The number of nitrogens with zero attached hydrogens (tertiary/aromatic N) is 3. The minimum atomic E-state index is -0.742. The number of carbonyl (C=O) groups excluding carboxylic acids is 2. The van der Waals surface area contributed by atoms with Crippen LogP contribution in [-0.2, 0) is 11.3 Å². The zero-order chi connectivity index (χ0) is 33.2. The average molecular weight is 621 g/mol. The summed E-state index contributed by atoms with van der Waals surface area (Å²) in [6.07, 6.45) is 10.0. The molecule has 0 aromatic heterocycles. The third-order valence-electron chi connectivity index (χ3n) is 8.42. The van der Waals surface area contributed by atoms with Crippen LogP contribution in [0.25, 0.3) is 0 Å². The Labute approximate surface area is 273 Å². The maximum Gasteiger partial charge on any atom is 0.303 e. The lowest BCUT2D eigenvalue weighted by Crippen LogP contribution is -2.29. The van der Waals surface area contributed by atoms with Gasteiger partial charge in [-0.1, -0.05) is 55.8 Å². The van der Waals surface area contributed by atoms with Crippen LogP contribution in [0.5, 0.6) is 0 Å². The quantitative estimate of drug-likeness (QED) is 0.0609. The third-order valence-corrected chi connectivity index (χ3v) is 8.42. The fraction of sp³-hybridized carbons (Fsp3) is 0.333. The van der Waals surface area contributed by atoms with Crippen LogP contribution in [0.1, 0.15) is 90.3 Å². The normalized spacial score (nSPS) is 13.8. The molecule has 3 aromatic carbocycles. The van der Waals surface area contributed by atoms with Gasteiger partial charge in [-0.2, -0.15) is 4.58 Å². The van der Waals surface area contributed by atoms with Gasteiger partial charge in [0.05, 0.1) is 17.7 Å². The zero-order valence-electron chi connectivity index (χ0n) is 27.8. The first-order valence-corrected chi connectivity index (χ1v) is 16.2. The molecule has 0 aliphatic carbocycles. The smallest absolute Gasteiger partial charge is 0.303 e. The molecule has 7 nitrogen and oxygen atoms in total. The molecule has 0 spiro atoms. The summed E-state index contributed by atoms with van der Waals surface area (Å²) in [6, 6.07) is 21.5. The molecular weight excluding hydrogens is 574 g/mol. The highest BCUT2D eigenvalue weighted by atomic mass is 16.4. The Morgan fingerprint density at radius 1 is 0.891 bits per heavy atom. The van der Waals surface area contributed by atoms with Crippen molar-refractivity contribution < 1.29 is 24.1 Å². The Kier molecular flexibility index (Phi) is 11.8. The van der Waals surface area contributed by atoms with E-state index in [0.717, 1.165) is 66.3 Å². The number of unbranched alkanes of at least 4 members (excludes halogenated alkanes) is 2. The number of aliphatic carboxylic acids is 1. The number of anilines is 1. The molecule has 0 radical (unpaired) electrons. The average Bonchev–Trinajstić information content (AvgIpc) is 3.27. The predicted molar refractivity (Wildman–Crippen MR) is 185 cm³/mol. The van der Waals surface area contributed by atoms with E-state index in [4.69, 9.17) is 5.11 Å². The molecule has 1 N–H and O–H groups in total. The maximum atomic E-state index is 12.9. The number of fused-ring (bicyclic) bond motifs is 1. The van der Waals surface area contributed by atoms with Crippen LogP contribution >= 0.6 is 0 Å². The summed E-state index contributed by atoms with van der Waals surface area (Å²) in [6.45, 7) is 12.5. The summed E-state index contributed by atoms with van der Waals surface area (Å²) in [5, 5.41) is 8.98. The molecule has 240 valence electrons. The van der Waals surface area contributed by atoms with E-state index in [0.29, 0.717) is 17.5 Å². The van der Waals surface area contributed by atoms with Gasteiger partial charge in [-0.15, -0.1) is 0 Å². The molecule has 0 unspecified atom stereocenters. The number of rotatable bonds is 15. The molecular formula is C39H46N3O4+. The number of benzene rings is 3. The largest absolute Gasteiger partial charge is 0.481 e. The SMILES string of the molecule is CCC\[N+](=C(C)/C=C/C=C(\C)N(CCCCCC(=O)O)c1ccccc1C)c1ccc(CN2C(=O)c3ccccc3C2=O)cc1C. The molecule has 4 rings (SSSR count). The summed E-state index contributed by atoms with van der Waals surface area (Å²) in [5.41, 5.74) is 8.61. The first kappa shape index (κ1) is 34.1. The molecule has 2 amide bonds. The maximum absolute atomic E-state index is 12.9. The van der Waals surface area contributed by atoms with E-state index >= 15 is 0 Å². The molecule has 0 saturated carbocycles. The second-order valence-electron chi connectivity index (χ2n) is 12.0. The predicted octanol–water partition coefficient (Wildman–Crippen LogP) is 8.23. The van der Waals surface area contributed by atoms with Gasteiger partial charge in [0, 0.05) is 55.4 Å². The van der Waals surface area contributed by atoms with Crippen molar-refractivity contribution in [2.45, 2.75) is 73.3 Å². The number of carbonyl (C=O) groups is 3. The molecule has 0 fully saturated rings. The van der Waals surface area contributed by atoms with Crippen molar-refractivity contribution in [3.05, 3.63) is 118 Å². The highest BCUT2D eigenvalue weighted by Crippen LogP contribution is 2.27. The number of hydrogen-bond donors (Lipinski definition) is 1. The lowest BCUT2D eigenvalue weighted by Gasteiger charge is -2.27. The number of aryl methyl sites for hydroxylation is 2. The Bertz CT molecular complexity index is 1650. The Hall–Kier alpha value is -4.78. The highest BCUT2D eigenvalue weighted by molar-refractivity contribution is 6.21. The molecule has 1 aliphatic rings. The van der Waals surface area contributed by atoms with Gasteiger partial charge in [-0.05, 0) is 75.1 Å². The number of amides is 2. The summed E-state index contributed by atoms with van der Waals surface area (Å²) in [4.78, 5) is 40.4. The number of allylic oxidation sites excluding steroid dienone is 4. The van der Waals surface area contributed by atoms with Gasteiger partial charge in [-0.25, -0.2) is 0 Å². The Morgan fingerprint density at radius 3 is 2.20 bits per heavy atom. The van der Waals surface area contributed by atoms with Gasteiger partial charge in [-0.3, -0.25) is 19.3 Å². The van der Waals surface area contributed by atoms with Crippen molar-refractivity contribution in [1.82, 2.24) is 4.90 Å². The topological polar surface area (TPSA) is 80.9 Å². The summed E-state index contributed by atoms with van der Waals surface area (Å²) in [7, 11) is 0. The van der Waals surface area contributed by atoms with Crippen molar-refractivity contribution in [3.63, 3.8) is 0 Å². The third kappa shape index (κ3) is 8.27. The minimum Gasteiger partial charge on any atom is -0.481 e. The molecule has 0 saturated heterocycles. The lowest BCUT2D eigenvalue weighted by molar-refractivity contribution is -0.440. The van der Waals surface area contributed by atoms with Crippen molar-refractivity contribution in [2.75, 3.05) is 18.0 Å². The van der Waals surface area contributed by atoms with Gasteiger partial charge >= 0.3 is 5.97 Å². The van der Waals surface area contributed by atoms with Crippen molar-refractivity contribution in [3.8, 4) is 0 Å². The van der Waals surface area contributed by atoms with Gasteiger partial charge in [0.25, 0.3) is 11.8 Å². The molecule has 7 heteroatoms. The molecule has 1 heterocycles. The highest BCUT2D eigenvalue weighted by Gasteiger charge is 2.35. The number of carboxylic acid groups (broad SMARTS) is 1. The monoisotopic (exact) mass is 620 g/mol. The molecule has 0 bridgehead atoms. The fourth-order valence-corrected chi connectivity index (χ4v) is 5.98. The van der Waals surface area contributed by atoms with Crippen LogP contribution in [-0.4, -0.2) is 51.2 Å². The van der Waals surface area contributed by atoms with Crippen LogP contribution in [0.4, 0.5) is 11.4 Å². The number of imide groups is 1. The summed E-state index contributed by atoms with van der Waals surface area (Å²) >= 11 is 0. The second-order valence-corrected chi connectivity index (χ2v) is 12.0. The number of para-hydroxylation sites is 1. The second kappa shape index (κ2) is 16.0. The molecule has 3 aromatic rings. The molecule has 1 aliphatic heterocycles. The van der Waals surface area contributed by atoms with Crippen LogP contribution in [0.15, 0.2) is 90.7 Å². The van der Waals surface area contributed by atoms with Crippen LogP contribution in [0.2, 0.25) is 0 Å². The van der Waals surface area contributed by atoms with Gasteiger partial charge in [0.1, 0.15) is 6.54 Å². The standard InChI is InChI=1S/C39H45N3O4/c1-6-24-40(36-23-22-32(26-29(36)3)27-42-38(45)33-18-10-11-19-34(33)39(42)46)30(4)16-14-17-31(5)41(25-13-7-8-21-37(43)44)35-20-12-9-15-28(35)2/h9-12,14-20,22-23,26H,6-8,13,21,24-25,27H2,1-5H3/p+1. The summed E-state index contributed by atoms with van der Waals surface area (Å²) in [5.74, 6) is -1.23. The van der Waals surface area contributed by atoms with Gasteiger partial charge in [0.15, 0.2) is 5.71 Å². The number of carboxylic acids is 1.